The van der Waals surface area contributed by atoms with Gasteiger partial charge in [0.25, 0.3) is 5.56 Å². The molecule has 0 aliphatic rings. The van der Waals surface area contributed by atoms with Gasteiger partial charge in [0.2, 0.25) is 5.91 Å². The predicted molar refractivity (Wildman–Crippen MR) is 136 cm³/mol. The lowest BCUT2D eigenvalue weighted by molar-refractivity contribution is -0.118. The molecule has 0 bridgehead atoms. The van der Waals surface area contributed by atoms with Gasteiger partial charge >= 0.3 is 0 Å². The fraction of sp³-hybridized carbons (Fsp3) is 0.240. The molecule has 1 N–H and O–H groups in total. The molecule has 0 atom stereocenters. The smallest absolute Gasteiger partial charge is 0.272 e. The Hall–Kier alpha value is -3.30. The highest BCUT2D eigenvalue weighted by molar-refractivity contribution is 7.99. The number of benzene rings is 2. The summed E-state index contributed by atoms with van der Waals surface area (Å²) >= 11 is 2.65. The average Bonchev–Trinajstić information content (AvgIpc) is 3.35. The lowest BCUT2D eigenvalue weighted by Gasteiger charge is -2.13. The zero-order valence-electron chi connectivity index (χ0n) is 18.9. The summed E-state index contributed by atoms with van der Waals surface area (Å²) in [5, 5.41) is 5.31. The van der Waals surface area contributed by atoms with Crippen molar-refractivity contribution in [2.45, 2.75) is 24.7 Å². The summed E-state index contributed by atoms with van der Waals surface area (Å²) in [6.45, 7) is 0.895. The molecule has 4 aromatic rings. The Morgan fingerprint density at radius 3 is 2.62 bits per heavy atom. The summed E-state index contributed by atoms with van der Waals surface area (Å²) in [7, 11) is 3.19. The molecule has 0 saturated carbocycles. The van der Waals surface area contributed by atoms with Crippen molar-refractivity contribution in [2.75, 3.05) is 20.0 Å². The lowest BCUT2D eigenvalue weighted by atomic mass is 10.1. The molecule has 0 fully saturated rings. The van der Waals surface area contributed by atoms with Crippen LogP contribution in [0.5, 0.6) is 11.5 Å². The van der Waals surface area contributed by atoms with E-state index >= 15 is 0 Å². The maximum atomic E-state index is 13.2. The number of carbonyl (C=O) groups is 1. The summed E-state index contributed by atoms with van der Waals surface area (Å²) in [5.41, 5.74) is 2.61. The minimum absolute atomic E-state index is 0.0901. The van der Waals surface area contributed by atoms with Crippen molar-refractivity contribution >= 4 is 39.2 Å². The number of aryl methyl sites for hydroxylation is 1. The minimum Gasteiger partial charge on any atom is -0.493 e. The number of hydrogen-bond donors (Lipinski definition) is 1. The van der Waals surface area contributed by atoms with Gasteiger partial charge in [-0.15, -0.1) is 11.3 Å². The van der Waals surface area contributed by atoms with E-state index in [4.69, 9.17) is 9.47 Å². The lowest BCUT2D eigenvalue weighted by Crippen LogP contribution is -2.27. The molecular weight excluding hydrogens is 470 g/mol. The van der Waals surface area contributed by atoms with Crippen LogP contribution >= 0.6 is 23.1 Å². The number of aromatic nitrogens is 2. The van der Waals surface area contributed by atoms with Gasteiger partial charge in [-0.3, -0.25) is 14.2 Å². The van der Waals surface area contributed by atoms with Crippen molar-refractivity contribution in [3.05, 3.63) is 81.5 Å². The number of rotatable bonds is 10. The van der Waals surface area contributed by atoms with Crippen LogP contribution in [0.25, 0.3) is 10.2 Å². The molecule has 2 heterocycles. The number of methoxy groups -OCH3 is 2. The van der Waals surface area contributed by atoms with Crippen LogP contribution in [0.4, 0.5) is 0 Å². The van der Waals surface area contributed by atoms with Gasteiger partial charge in [-0.1, -0.05) is 48.2 Å². The van der Waals surface area contributed by atoms with E-state index in [1.165, 1.54) is 23.1 Å². The fourth-order valence-electron chi connectivity index (χ4n) is 3.49. The fourth-order valence-corrected chi connectivity index (χ4v) is 5.12. The van der Waals surface area contributed by atoms with Crippen LogP contribution in [0.2, 0.25) is 0 Å². The van der Waals surface area contributed by atoms with Crippen LogP contribution < -0.4 is 20.3 Å². The molecule has 0 radical (unpaired) electrons. The van der Waals surface area contributed by atoms with E-state index < -0.39 is 0 Å². The Balaban J connectivity index is 1.49. The molecule has 2 aromatic carbocycles. The SMILES string of the molecule is COc1ccc(CCn2c(SCC(=O)NCc3ccccc3)nc3ccsc3c2=O)cc1OC. The normalized spacial score (nSPS) is 10.9. The number of fused-ring (bicyclic) bond motifs is 1. The second kappa shape index (κ2) is 11.2. The van der Waals surface area contributed by atoms with Gasteiger partial charge in [-0.2, -0.15) is 0 Å². The summed E-state index contributed by atoms with van der Waals surface area (Å²) in [6.07, 6.45) is 0.604. The molecule has 9 heteroatoms. The van der Waals surface area contributed by atoms with Crippen LogP contribution in [0.15, 0.2) is 69.9 Å². The summed E-state index contributed by atoms with van der Waals surface area (Å²) < 4.78 is 13.0. The Kier molecular flexibility index (Phi) is 7.87. The van der Waals surface area contributed by atoms with E-state index in [0.717, 1.165) is 11.1 Å². The molecule has 7 nitrogen and oxygen atoms in total. The summed E-state index contributed by atoms with van der Waals surface area (Å²) in [5.74, 6) is 1.36. The number of carbonyl (C=O) groups excluding carboxylic acids is 1. The Labute approximate surface area is 205 Å². The van der Waals surface area contributed by atoms with E-state index in [9.17, 15) is 9.59 Å². The van der Waals surface area contributed by atoms with Crippen LogP contribution in [0.1, 0.15) is 11.1 Å². The zero-order valence-corrected chi connectivity index (χ0v) is 20.6. The van der Waals surface area contributed by atoms with Gasteiger partial charge in [0.1, 0.15) is 4.70 Å². The van der Waals surface area contributed by atoms with Gasteiger partial charge in [0, 0.05) is 13.1 Å². The molecule has 0 unspecified atom stereocenters. The van der Waals surface area contributed by atoms with Crippen molar-refractivity contribution in [3.8, 4) is 11.5 Å². The largest absolute Gasteiger partial charge is 0.493 e. The number of nitrogens with one attached hydrogen (secondary N) is 1. The first-order chi connectivity index (χ1) is 16.6. The third-order valence-electron chi connectivity index (χ3n) is 5.27. The molecule has 4 rings (SSSR count). The Morgan fingerprint density at radius 1 is 1.06 bits per heavy atom. The van der Waals surface area contributed by atoms with Crippen molar-refractivity contribution in [1.82, 2.24) is 14.9 Å². The molecule has 0 spiro atoms. The molecule has 1 amide bonds. The molecule has 34 heavy (non-hydrogen) atoms. The highest BCUT2D eigenvalue weighted by Crippen LogP contribution is 2.28. The maximum absolute atomic E-state index is 13.2. The first-order valence-corrected chi connectivity index (χ1v) is 12.6. The first kappa shape index (κ1) is 23.8. The van der Waals surface area contributed by atoms with Crippen molar-refractivity contribution < 1.29 is 14.3 Å². The molecule has 0 aliphatic heterocycles. The van der Waals surface area contributed by atoms with Gasteiger partial charge in [-0.05, 0) is 41.1 Å². The number of amides is 1. The standard InChI is InChI=1S/C25H25N3O4S2/c1-31-20-9-8-17(14-21(20)32-2)10-12-28-24(30)23-19(11-13-33-23)27-25(28)34-16-22(29)26-15-18-6-4-3-5-7-18/h3-9,11,13-14H,10,12,15-16H2,1-2H3,(H,26,29). The predicted octanol–water partition coefficient (Wildman–Crippen LogP) is 4.13. The van der Waals surface area contributed by atoms with E-state index in [-0.39, 0.29) is 17.2 Å². The summed E-state index contributed by atoms with van der Waals surface area (Å²) in [4.78, 5) is 30.3. The van der Waals surface area contributed by atoms with E-state index in [1.54, 1.807) is 18.8 Å². The highest BCUT2D eigenvalue weighted by atomic mass is 32.2. The Morgan fingerprint density at radius 2 is 1.85 bits per heavy atom. The zero-order chi connectivity index (χ0) is 23.9. The van der Waals surface area contributed by atoms with E-state index in [2.05, 4.69) is 10.3 Å². The van der Waals surface area contributed by atoms with Gasteiger partial charge in [-0.25, -0.2) is 4.98 Å². The Bertz CT molecular complexity index is 1340. The van der Waals surface area contributed by atoms with E-state index in [0.29, 0.717) is 46.4 Å². The molecular formula is C25H25N3O4S2. The van der Waals surface area contributed by atoms with Crippen LogP contribution in [-0.2, 0) is 24.3 Å². The maximum Gasteiger partial charge on any atom is 0.272 e. The molecule has 176 valence electrons. The number of hydrogen-bond acceptors (Lipinski definition) is 7. The summed E-state index contributed by atoms with van der Waals surface area (Å²) in [6, 6.07) is 17.3. The van der Waals surface area contributed by atoms with Crippen LogP contribution in [0.3, 0.4) is 0 Å². The topological polar surface area (TPSA) is 82.5 Å². The first-order valence-electron chi connectivity index (χ1n) is 10.7. The second-order valence-corrected chi connectivity index (χ2v) is 9.34. The second-order valence-electron chi connectivity index (χ2n) is 7.48. The minimum atomic E-state index is -0.111. The van der Waals surface area contributed by atoms with Crippen molar-refractivity contribution in [3.63, 3.8) is 0 Å². The van der Waals surface area contributed by atoms with Crippen molar-refractivity contribution in [2.24, 2.45) is 0 Å². The molecule has 2 aromatic heterocycles. The van der Waals surface area contributed by atoms with Crippen LogP contribution in [0, 0.1) is 0 Å². The highest BCUT2D eigenvalue weighted by Gasteiger charge is 2.15. The third kappa shape index (κ3) is 5.60. The molecule has 0 saturated heterocycles. The van der Waals surface area contributed by atoms with Gasteiger partial charge in [0.15, 0.2) is 16.7 Å². The number of nitrogens with zero attached hydrogens (tertiary/aromatic N) is 2. The third-order valence-corrected chi connectivity index (χ3v) is 7.14. The number of thioether (sulfide) groups is 1. The van der Waals surface area contributed by atoms with Crippen LogP contribution in [-0.4, -0.2) is 35.4 Å². The number of ether oxygens (including phenoxy) is 2. The van der Waals surface area contributed by atoms with Gasteiger partial charge < -0.3 is 14.8 Å². The average molecular weight is 496 g/mol. The monoisotopic (exact) mass is 495 g/mol. The van der Waals surface area contributed by atoms with Crippen molar-refractivity contribution in [1.29, 1.82) is 0 Å². The van der Waals surface area contributed by atoms with E-state index in [1.807, 2.05) is 60.0 Å². The number of thiophene rings is 1. The quantitative estimate of drug-likeness (QED) is 0.263. The van der Waals surface area contributed by atoms with Gasteiger partial charge in [0.05, 0.1) is 25.5 Å². The molecule has 0 aliphatic carbocycles.